The molecule has 11 heteroatoms. The van der Waals surface area contributed by atoms with Gasteiger partial charge in [-0.2, -0.15) is 13.2 Å². The molecule has 0 radical (unpaired) electrons. The summed E-state index contributed by atoms with van der Waals surface area (Å²) in [6.45, 7) is 4.53. The van der Waals surface area contributed by atoms with Crippen LogP contribution in [0.4, 0.5) is 18.0 Å². The molecule has 0 fully saturated rings. The van der Waals surface area contributed by atoms with E-state index in [9.17, 15) is 18.0 Å². The molecule has 3 aromatic rings. The summed E-state index contributed by atoms with van der Waals surface area (Å²) in [6, 6.07) is 2.43. The van der Waals surface area contributed by atoms with Gasteiger partial charge in [-0.1, -0.05) is 6.42 Å². The average Bonchev–Trinajstić information content (AvgIpc) is 3.33. The summed E-state index contributed by atoms with van der Waals surface area (Å²) in [5.41, 5.74) is 2.65. The Balaban J connectivity index is 1.66. The fraction of sp³-hybridized carbons (Fsp3) is 0.520. The van der Waals surface area contributed by atoms with Gasteiger partial charge in [0.05, 0.1) is 18.3 Å². The minimum atomic E-state index is -4.27. The number of halogens is 3. The molecular weight excluding hydrogens is 473 g/mol. The lowest BCUT2D eigenvalue weighted by Gasteiger charge is -2.31. The third-order valence-corrected chi connectivity index (χ3v) is 6.48. The maximum absolute atomic E-state index is 13.2. The number of imidazole rings is 1. The van der Waals surface area contributed by atoms with E-state index in [0.717, 1.165) is 12.0 Å². The van der Waals surface area contributed by atoms with Crippen molar-refractivity contribution in [2.24, 2.45) is 0 Å². The van der Waals surface area contributed by atoms with Crippen molar-refractivity contribution in [3.63, 3.8) is 0 Å². The zero-order chi connectivity index (χ0) is 25.7. The Morgan fingerprint density at radius 3 is 2.78 bits per heavy atom. The molecule has 3 aromatic heterocycles. The van der Waals surface area contributed by atoms with Gasteiger partial charge in [0.1, 0.15) is 5.69 Å². The monoisotopic (exact) mass is 504 g/mol. The fourth-order valence-electron chi connectivity index (χ4n) is 4.47. The summed E-state index contributed by atoms with van der Waals surface area (Å²) in [5.74, 6) is 0.400. The van der Waals surface area contributed by atoms with Crippen molar-refractivity contribution in [1.29, 1.82) is 0 Å². The van der Waals surface area contributed by atoms with E-state index in [1.165, 1.54) is 0 Å². The van der Waals surface area contributed by atoms with Crippen molar-refractivity contribution < 1.29 is 22.7 Å². The summed E-state index contributed by atoms with van der Waals surface area (Å²) in [5, 5.41) is 2.86. The number of urea groups is 1. The van der Waals surface area contributed by atoms with E-state index in [2.05, 4.69) is 20.3 Å². The Bertz CT molecular complexity index is 1180. The molecule has 0 spiro atoms. The topological polar surface area (TPSA) is 84.7 Å². The van der Waals surface area contributed by atoms with Gasteiger partial charge in [0.2, 0.25) is 5.65 Å². The molecule has 0 aliphatic carbocycles. The van der Waals surface area contributed by atoms with Crippen LogP contribution in [0.2, 0.25) is 0 Å². The Morgan fingerprint density at radius 2 is 2.00 bits per heavy atom. The van der Waals surface area contributed by atoms with Crippen LogP contribution in [0.3, 0.4) is 0 Å². The molecule has 194 valence electrons. The molecular formula is C25H31F3N6O2. The van der Waals surface area contributed by atoms with Gasteiger partial charge in [-0.15, -0.1) is 0 Å². The zero-order valence-corrected chi connectivity index (χ0v) is 20.5. The zero-order valence-electron chi connectivity index (χ0n) is 20.5. The number of carbonyl (C=O) groups excluding carboxylic acids is 1. The predicted molar refractivity (Wildman–Crippen MR) is 129 cm³/mol. The van der Waals surface area contributed by atoms with Gasteiger partial charge in [-0.25, -0.2) is 14.8 Å². The number of amides is 2. The molecule has 1 aliphatic heterocycles. The summed E-state index contributed by atoms with van der Waals surface area (Å²) in [4.78, 5) is 28.3. The summed E-state index contributed by atoms with van der Waals surface area (Å²) < 4.78 is 46.6. The second-order valence-corrected chi connectivity index (χ2v) is 9.02. The fourth-order valence-corrected chi connectivity index (χ4v) is 4.47. The van der Waals surface area contributed by atoms with Crippen LogP contribution in [0.25, 0.3) is 17.0 Å². The predicted octanol–water partition coefficient (Wildman–Crippen LogP) is 5.55. The lowest BCUT2D eigenvalue weighted by molar-refractivity contribution is -0.136. The first-order valence-electron chi connectivity index (χ1n) is 12.3. The third-order valence-electron chi connectivity index (χ3n) is 6.48. The molecule has 0 saturated carbocycles. The van der Waals surface area contributed by atoms with E-state index in [0.29, 0.717) is 55.3 Å². The van der Waals surface area contributed by atoms with Gasteiger partial charge < -0.3 is 19.4 Å². The van der Waals surface area contributed by atoms with Gasteiger partial charge in [-0.05, 0) is 57.2 Å². The number of nitrogens with zero attached hydrogens (tertiary/aromatic N) is 5. The highest BCUT2D eigenvalue weighted by molar-refractivity contribution is 5.75. The largest absolute Gasteiger partial charge is 0.475 e. The van der Waals surface area contributed by atoms with E-state index in [-0.39, 0.29) is 18.5 Å². The maximum Gasteiger partial charge on any atom is 0.389 e. The Morgan fingerprint density at radius 1 is 1.17 bits per heavy atom. The Hall–Kier alpha value is -3.37. The minimum Gasteiger partial charge on any atom is -0.475 e. The Kier molecular flexibility index (Phi) is 7.95. The number of ether oxygens (including phenoxy) is 1. The molecule has 0 unspecified atom stereocenters. The van der Waals surface area contributed by atoms with E-state index < -0.39 is 18.6 Å². The van der Waals surface area contributed by atoms with Crippen LogP contribution in [0, 0.1) is 0 Å². The highest BCUT2D eigenvalue weighted by Crippen LogP contribution is 2.28. The van der Waals surface area contributed by atoms with E-state index >= 15 is 0 Å². The number of alkyl halides is 3. The second kappa shape index (κ2) is 11.1. The molecule has 4 rings (SSSR count). The molecule has 1 aliphatic rings. The molecule has 0 saturated heterocycles. The number of hydrogen-bond donors (Lipinski definition) is 1. The van der Waals surface area contributed by atoms with Crippen LogP contribution in [-0.4, -0.2) is 55.7 Å². The summed E-state index contributed by atoms with van der Waals surface area (Å²) in [6.07, 6.45) is 4.21. The number of nitrogens with one attached hydrogen (secondary N) is 1. The third kappa shape index (κ3) is 6.24. The molecule has 4 bridgehead atoms. The molecule has 2 atom stereocenters. The van der Waals surface area contributed by atoms with Crippen molar-refractivity contribution in [3.05, 3.63) is 42.5 Å². The van der Waals surface area contributed by atoms with Crippen molar-refractivity contribution in [2.75, 3.05) is 13.2 Å². The Labute approximate surface area is 207 Å². The van der Waals surface area contributed by atoms with E-state index in [1.807, 2.05) is 42.8 Å². The number of hydrogen-bond acceptors (Lipinski definition) is 5. The molecule has 0 aromatic carbocycles. The van der Waals surface area contributed by atoms with Gasteiger partial charge in [0, 0.05) is 43.8 Å². The van der Waals surface area contributed by atoms with E-state index in [4.69, 9.17) is 4.74 Å². The van der Waals surface area contributed by atoms with Crippen LogP contribution in [0.15, 0.2) is 36.9 Å². The number of rotatable bonds is 3. The molecule has 1 N–H and O–H groups in total. The van der Waals surface area contributed by atoms with Crippen LogP contribution >= 0.6 is 0 Å². The van der Waals surface area contributed by atoms with Crippen LogP contribution in [0.1, 0.15) is 64.0 Å². The number of aromatic nitrogens is 4. The molecule has 36 heavy (non-hydrogen) atoms. The van der Waals surface area contributed by atoms with Crippen molar-refractivity contribution >= 4 is 11.7 Å². The highest BCUT2D eigenvalue weighted by Gasteiger charge is 2.30. The second-order valence-electron chi connectivity index (χ2n) is 9.02. The van der Waals surface area contributed by atoms with E-state index in [1.54, 1.807) is 17.3 Å². The number of pyridine rings is 1. The van der Waals surface area contributed by atoms with Crippen LogP contribution in [0.5, 0.6) is 5.88 Å². The van der Waals surface area contributed by atoms with Gasteiger partial charge >= 0.3 is 12.2 Å². The number of fused-ring (bicyclic) bond motifs is 7. The minimum absolute atomic E-state index is 0.148. The smallest absolute Gasteiger partial charge is 0.389 e. The quantitative estimate of drug-likeness (QED) is 0.506. The van der Waals surface area contributed by atoms with Gasteiger partial charge in [-0.3, -0.25) is 4.98 Å². The highest BCUT2D eigenvalue weighted by atomic mass is 19.4. The summed E-state index contributed by atoms with van der Waals surface area (Å²) >= 11 is 0. The summed E-state index contributed by atoms with van der Waals surface area (Å²) in [7, 11) is 0. The molecule has 4 heterocycles. The van der Waals surface area contributed by atoms with Crippen molar-refractivity contribution in [2.45, 2.75) is 70.6 Å². The van der Waals surface area contributed by atoms with Gasteiger partial charge in [0.25, 0.3) is 5.88 Å². The maximum atomic E-state index is 13.2. The van der Waals surface area contributed by atoms with Gasteiger partial charge in [0.15, 0.2) is 0 Å². The lowest BCUT2D eigenvalue weighted by Crippen LogP contribution is -2.46. The number of carbonyl (C=O) groups is 1. The molecule has 2 amide bonds. The van der Waals surface area contributed by atoms with Crippen molar-refractivity contribution in [1.82, 2.24) is 29.6 Å². The lowest BCUT2D eigenvalue weighted by atomic mass is 10.0. The van der Waals surface area contributed by atoms with Crippen LogP contribution in [-0.2, 0) is 0 Å². The SMILES string of the molecule is CCN1C(=O)N[C@@H](CCC(F)(F)F)CCCCCOc2nc(cn3ccnc23)-c2cc(ccn2)[C@@H]1C. The molecule has 8 nitrogen and oxygen atoms in total. The normalized spacial score (nSPS) is 20.0. The standard InChI is InChI=1S/C25H31F3N6O2/c1-3-34-17(2)18-9-11-29-20(15-18)21-16-33-13-12-30-22(33)23(32-21)36-14-6-4-5-7-19(31-24(34)35)8-10-25(26,27)28/h9,11-13,15-17,19H,3-8,10,14H2,1-2H3,(H,31,35)/t17-,19+/m0/s1. The average molecular weight is 505 g/mol. The first kappa shape index (κ1) is 25.7. The van der Waals surface area contributed by atoms with Crippen LogP contribution < -0.4 is 10.1 Å². The first-order valence-corrected chi connectivity index (χ1v) is 12.3. The first-order chi connectivity index (χ1) is 17.2. The van der Waals surface area contributed by atoms with Crippen molar-refractivity contribution in [3.8, 4) is 17.3 Å².